The van der Waals surface area contributed by atoms with Gasteiger partial charge in [0.15, 0.2) is 0 Å². The molecule has 1 amide bonds. The molecule has 0 saturated carbocycles. The van der Waals surface area contributed by atoms with Gasteiger partial charge in [0.1, 0.15) is 0 Å². The fourth-order valence-corrected chi connectivity index (χ4v) is 1.63. The number of aryl methyl sites for hydroxylation is 2. The van der Waals surface area contributed by atoms with Crippen molar-refractivity contribution in [1.82, 2.24) is 25.7 Å². The number of nitrogens with zero attached hydrogens (tertiary/aromatic N) is 2. The quantitative estimate of drug-likeness (QED) is 0.723. The van der Waals surface area contributed by atoms with Gasteiger partial charge in [0.25, 0.3) is 0 Å². The smallest absolute Gasteiger partial charge is 0.224 e. The lowest BCUT2D eigenvalue weighted by molar-refractivity contribution is -0.120. The maximum absolute atomic E-state index is 11.7. The molecule has 0 spiro atoms. The monoisotopic (exact) mass is 233 g/mol. The third kappa shape index (κ3) is 2.72. The molecular weight excluding hydrogens is 218 g/mol. The lowest BCUT2D eigenvalue weighted by Crippen LogP contribution is -2.25. The molecule has 2 aromatic heterocycles. The maximum atomic E-state index is 11.7. The van der Waals surface area contributed by atoms with Crippen LogP contribution in [0.25, 0.3) is 0 Å². The van der Waals surface area contributed by atoms with Crippen LogP contribution in [-0.2, 0) is 17.8 Å². The van der Waals surface area contributed by atoms with Crippen molar-refractivity contribution in [2.75, 3.05) is 0 Å². The Morgan fingerprint density at radius 1 is 1.41 bits per heavy atom. The van der Waals surface area contributed by atoms with Gasteiger partial charge in [-0.05, 0) is 19.9 Å². The number of H-pyrrole nitrogens is 2. The molecule has 0 fully saturated rings. The second-order valence-corrected chi connectivity index (χ2v) is 3.95. The molecule has 2 rings (SSSR count). The molecule has 17 heavy (non-hydrogen) atoms. The van der Waals surface area contributed by atoms with Gasteiger partial charge >= 0.3 is 0 Å². The summed E-state index contributed by atoms with van der Waals surface area (Å²) >= 11 is 0. The van der Waals surface area contributed by atoms with E-state index < -0.39 is 0 Å². The van der Waals surface area contributed by atoms with Crippen LogP contribution in [0, 0.1) is 13.8 Å². The number of hydrogen-bond donors (Lipinski definition) is 3. The number of amides is 1. The minimum absolute atomic E-state index is 0.0211. The Balaban J connectivity index is 1.89. The number of hydrogen-bond acceptors (Lipinski definition) is 3. The van der Waals surface area contributed by atoms with Crippen molar-refractivity contribution in [1.29, 1.82) is 0 Å². The standard InChI is InChI=1S/C11H15N5O/c1-7-10(8(2)15-14-7)5-11(17)12-6-9-3-4-13-16-9/h3-4H,5-6H2,1-2H3,(H,12,17)(H,13,16)(H,14,15). The van der Waals surface area contributed by atoms with Crippen molar-refractivity contribution in [2.24, 2.45) is 0 Å². The van der Waals surface area contributed by atoms with Crippen molar-refractivity contribution in [3.8, 4) is 0 Å². The third-order valence-electron chi connectivity index (χ3n) is 2.65. The molecule has 6 nitrogen and oxygen atoms in total. The topological polar surface area (TPSA) is 86.5 Å². The van der Waals surface area contributed by atoms with Gasteiger partial charge in [0, 0.05) is 17.5 Å². The zero-order chi connectivity index (χ0) is 12.3. The Kier molecular flexibility index (Phi) is 3.22. The highest BCUT2D eigenvalue weighted by atomic mass is 16.1. The molecule has 0 saturated heterocycles. The van der Waals surface area contributed by atoms with Crippen LogP contribution >= 0.6 is 0 Å². The van der Waals surface area contributed by atoms with Crippen LogP contribution in [0.1, 0.15) is 22.6 Å². The molecular formula is C11H15N5O. The summed E-state index contributed by atoms with van der Waals surface area (Å²) in [6, 6.07) is 1.83. The van der Waals surface area contributed by atoms with E-state index in [9.17, 15) is 4.79 Å². The molecule has 0 unspecified atom stereocenters. The fraction of sp³-hybridized carbons (Fsp3) is 0.364. The molecule has 6 heteroatoms. The molecule has 90 valence electrons. The van der Waals surface area contributed by atoms with Gasteiger partial charge in [-0.1, -0.05) is 0 Å². The number of aromatic nitrogens is 4. The van der Waals surface area contributed by atoms with E-state index in [1.165, 1.54) is 0 Å². The van der Waals surface area contributed by atoms with E-state index in [0.717, 1.165) is 22.6 Å². The highest BCUT2D eigenvalue weighted by Crippen LogP contribution is 2.09. The van der Waals surface area contributed by atoms with E-state index in [-0.39, 0.29) is 5.91 Å². The third-order valence-corrected chi connectivity index (χ3v) is 2.65. The highest BCUT2D eigenvalue weighted by molar-refractivity contribution is 5.79. The van der Waals surface area contributed by atoms with Gasteiger partial charge in [0.05, 0.1) is 24.4 Å². The van der Waals surface area contributed by atoms with Gasteiger partial charge in [-0.2, -0.15) is 10.2 Å². The van der Waals surface area contributed by atoms with Gasteiger partial charge in [-0.25, -0.2) is 0 Å². The largest absolute Gasteiger partial charge is 0.350 e. The maximum Gasteiger partial charge on any atom is 0.224 e. The van der Waals surface area contributed by atoms with Crippen LogP contribution in [-0.4, -0.2) is 26.3 Å². The van der Waals surface area contributed by atoms with Crippen molar-refractivity contribution in [2.45, 2.75) is 26.8 Å². The van der Waals surface area contributed by atoms with E-state index >= 15 is 0 Å². The summed E-state index contributed by atoms with van der Waals surface area (Å²) in [6.07, 6.45) is 2.01. The summed E-state index contributed by atoms with van der Waals surface area (Å²) in [5.74, 6) is -0.0211. The van der Waals surface area contributed by atoms with E-state index in [0.29, 0.717) is 13.0 Å². The van der Waals surface area contributed by atoms with E-state index in [2.05, 4.69) is 25.7 Å². The van der Waals surface area contributed by atoms with Gasteiger partial charge in [-0.3, -0.25) is 15.0 Å². The molecule has 0 atom stereocenters. The zero-order valence-electron chi connectivity index (χ0n) is 9.87. The minimum Gasteiger partial charge on any atom is -0.350 e. The highest BCUT2D eigenvalue weighted by Gasteiger charge is 2.11. The SMILES string of the molecule is Cc1n[nH]c(C)c1CC(=O)NCc1ccn[nH]1. The van der Waals surface area contributed by atoms with Crippen molar-refractivity contribution < 1.29 is 4.79 Å². The first-order valence-electron chi connectivity index (χ1n) is 5.42. The average Bonchev–Trinajstić information content (AvgIpc) is 2.91. The summed E-state index contributed by atoms with van der Waals surface area (Å²) < 4.78 is 0. The molecule has 0 aliphatic heterocycles. The fourth-order valence-electron chi connectivity index (χ4n) is 1.63. The Bertz CT molecular complexity index is 480. The average molecular weight is 233 g/mol. The molecule has 3 N–H and O–H groups in total. The predicted molar refractivity (Wildman–Crippen MR) is 62.2 cm³/mol. The van der Waals surface area contributed by atoms with Crippen LogP contribution in [0.5, 0.6) is 0 Å². The minimum atomic E-state index is -0.0211. The summed E-state index contributed by atoms with van der Waals surface area (Å²) in [4.78, 5) is 11.7. The first kappa shape index (κ1) is 11.4. The molecule has 2 aromatic rings. The van der Waals surface area contributed by atoms with Gasteiger partial charge < -0.3 is 5.32 Å². The van der Waals surface area contributed by atoms with Crippen LogP contribution in [0.3, 0.4) is 0 Å². The van der Waals surface area contributed by atoms with Crippen LogP contribution in [0.4, 0.5) is 0 Å². The van der Waals surface area contributed by atoms with Crippen molar-refractivity contribution in [3.63, 3.8) is 0 Å². The number of carbonyl (C=O) groups excluding carboxylic acids is 1. The Morgan fingerprint density at radius 3 is 2.82 bits per heavy atom. The molecule has 0 aliphatic rings. The number of nitrogens with one attached hydrogen (secondary N) is 3. The van der Waals surface area contributed by atoms with Crippen LogP contribution in [0.2, 0.25) is 0 Å². The molecule has 0 radical (unpaired) electrons. The van der Waals surface area contributed by atoms with Crippen molar-refractivity contribution >= 4 is 5.91 Å². The summed E-state index contributed by atoms with van der Waals surface area (Å²) in [5.41, 5.74) is 3.67. The molecule has 0 aromatic carbocycles. The van der Waals surface area contributed by atoms with E-state index in [1.807, 2.05) is 19.9 Å². The second-order valence-electron chi connectivity index (χ2n) is 3.95. The first-order valence-corrected chi connectivity index (χ1v) is 5.42. The molecule has 0 bridgehead atoms. The molecule has 0 aliphatic carbocycles. The van der Waals surface area contributed by atoms with Crippen LogP contribution in [0.15, 0.2) is 12.3 Å². The normalized spacial score (nSPS) is 10.5. The Hall–Kier alpha value is -2.11. The Morgan fingerprint density at radius 2 is 2.24 bits per heavy atom. The molecule has 2 heterocycles. The second kappa shape index (κ2) is 4.82. The number of aromatic amines is 2. The predicted octanol–water partition coefficient (Wildman–Crippen LogP) is 0.609. The van der Waals surface area contributed by atoms with Crippen LogP contribution < -0.4 is 5.32 Å². The summed E-state index contributed by atoms with van der Waals surface area (Å²) in [6.45, 7) is 4.27. The lowest BCUT2D eigenvalue weighted by atomic mass is 10.1. The summed E-state index contributed by atoms with van der Waals surface area (Å²) in [7, 11) is 0. The van der Waals surface area contributed by atoms with E-state index in [1.54, 1.807) is 6.20 Å². The van der Waals surface area contributed by atoms with Gasteiger partial charge in [-0.15, -0.1) is 0 Å². The Labute approximate surface area is 98.8 Å². The number of rotatable bonds is 4. The lowest BCUT2D eigenvalue weighted by Gasteiger charge is -2.03. The van der Waals surface area contributed by atoms with E-state index in [4.69, 9.17) is 0 Å². The van der Waals surface area contributed by atoms with Gasteiger partial charge in [0.2, 0.25) is 5.91 Å². The van der Waals surface area contributed by atoms with Crippen molar-refractivity contribution in [3.05, 3.63) is 34.9 Å². The first-order chi connectivity index (χ1) is 8.16. The zero-order valence-corrected chi connectivity index (χ0v) is 9.87. The summed E-state index contributed by atoms with van der Waals surface area (Å²) in [5, 5.41) is 16.4. The number of carbonyl (C=O) groups is 1.